The van der Waals surface area contributed by atoms with Crippen LogP contribution in [0.4, 0.5) is 0 Å². The van der Waals surface area contributed by atoms with E-state index in [9.17, 15) is 4.79 Å². The molecule has 1 aromatic carbocycles. The highest BCUT2D eigenvalue weighted by atomic mass is 127. The maximum absolute atomic E-state index is 11.8. The van der Waals surface area contributed by atoms with Crippen molar-refractivity contribution in [2.75, 3.05) is 32.8 Å². The molecule has 1 atom stereocenters. The fourth-order valence-corrected chi connectivity index (χ4v) is 3.00. The Balaban J connectivity index is 0.00000364. The molecule has 0 aliphatic carbocycles. The van der Waals surface area contributed by atoms with E-state index in [-0.39, 0.29) is 35.9 Å². The standard InChI is InChI=1S/C20H32N4O2.HI/c1-4-19(25)24-13-11-17(15-24)23-20(21-5-2)22-12-8-14-26-18-10-7-6-9-16(18)3;/h6-7,9-10,17H,4-5,8,11-15H2,1-3H3,(H2,21,22,23);1H. The van der Waals surface area contributed by atoms with Crippen molar-refractivity contribution in [3.63, 3.8) is 0 Å². The summed E-state index contributed by atoms with van der Waals surface area (Å²) in [7, 11) is 0. The van der Waals surface area contributed by atoms with Gasteiger partial charge < -0.3 is 20.3 Å². The molecule has 27 heavy (non-hydrogen) atoms. The predicted molar refractivity (Wildman–Crippen MR) is 121 cm³/mol. The second-order valence-corrected chi connectivity index (χ2v) is 6.55. The van der Waals surface area contributed by atoms with Crippen LogP contribution in [0.25, 0.3) is 0 Å². The minimum atomic E-state index is 0. The first-order chi connectivity index (χ1) is 12.6. The number of likely N-dealkylation sites (tertiary alicyclic amines) is 1. The van der Waals surface area contributed by atoms with E-state index in [1.54, 1.807) is 0 Å². The van der Waals surface area contributed by atoms with Crippen LogP contribution < -0.4 is 15.4 Å². The summed E-state index contributed by atoms with van der Waals surface area (Å²) in [6, 6.07) is 8.32. The Hall–Kier alpha value is -1.51. The van der Waals surface area contributed by atoms with Crippen LogP contribution in [-0.4, -0.2) is 55.6 Å². The zero-order valence-electron chi connectivity index (χ0n) is 16.7. The third-order valence-electron chi connectivity index (χ3n) is 4.45. The lowest BCUT2D eigenvalue weighted by Gasteiger charge is -2.18. The first-order valence-corrected chi connectivity index (χ1v) is 9.65. The molecule has 0 spiro atoms. The molecule has 1 fully saturated rings. The highest BCUT2D eigenvalue weighted by molar-refractivity contribution is 14.0. The second-order valence-electron chi connectivity index (χ2n) is 6.55. The number of hydrogen-bond donors (Lipinski definition) is 2. The number of amides is 1. The van der Waals surface area contributed by atoms with Crippen molar-refractivity contribution in [3.8, 4) is 5.75 Å². The van der Waals surface area contributed by atoms with E-state index < -0.39 is 0 Å². The Morgan fingerprint density at radius 2 is 2.11 bits per heavy atom. The van der Waals surface area contributed by atoms with Gasteiger partial charge in [0.1, 0.15) is 5.75 Å². The van der Waals surface area contributed by atoms with E-state index in [0.717, 1.165) is 49.7 Å². The van der Waals surface area contributed by atoms with Crippen molar-refractivity contribution in [1.29, 1.82) is 0 Å². The van der Waals surface area contributed by atoms with E-state index in [0.29, 0.717) is 19.6 Å². The van der Waals surface area contributed by atoms with Crippen molar-refractivity contribution in [3.05, 3.63) is 29.8 Å². The molecule has 2 N–H and O–H groups in total. The number of carbonyl (C=O) groups excluding carboxylic acids is 1. The van der Waals surface area contributed by atoms with Gasteiger partial charge in [0.25, 0.3) is 0 Å². The van der Waals surface area contributed by atoms with Gasteiger partial charge in [-0.3, -0.25) is 9.79 Å². The molecule has 1 heterocycles. The molecule has 0 bridgehead atoms. The molecule has 1 aliphatic heterocycles. The van der Waals surface area contributed by atoms with Crippen molar-refractivity contribution in [2.45, 2.75) is 46.1 Å². The molecule has 1 amide bonds. The van der Waals surface area contributed by atoms with Crippen LogP contribution in [0.1, 0.15) is 38.7 Å². The summed E-state index contributed by atoms with van der Waals surface area (Å²) in [4.78, 5) is 18.4. The fraction of sp³-hybridized carbons (Fsp3) is 0.600. The van der Waals surface area contributed by atoms with E-state index in [1.165, 1.54) is 0 Å². The maximum Gasteiger partial charge on any atom is 0.222 e. The Labute approximate surface area is 180 Å². The summed E-state index contributed by atoms with van der Waals surface area (Å²) >= 11 is 0. The second kappa shape index (κ2) is 12.8. The van der Waals surface area contributed by atoms with Crippen LogP contribution in [0.3, 0.4) is 0 Å². The predicted octanol–water partition coefficient (Wildman–Crippen LogP) is 2.95. The maximum atomic E-state index is 11.8. The minimum absolute atomic E-state index is 0. The SMILES string of the molecule is CCNC(=NCCCOc1ccccc1C)NC1CCN(C(=O)CC)C1.I. The number of hydrogen-bond acceptors (Lipinski definition) is 3. The number of para-hydroxylation sites is 1. The number of rotatable bonds is 8. The Kier molecular flexibility index (Phi) is 11.2. The summed E-state index contributed by atoms with van der Waals surface area (Å²) in [5, 5.41) is 6.73. The van der Waals surface area contributed by atoms with Gasteiger partial charge in [-0.2, -0.15) is 0 Å². The minimum Gasteiger partial charge on any atom is -0.493 e. The van der Waals surface area contributed by atoms with E-state index in [4.69, 9.17) is 4.74 Å². The average Bonchev–Trinajstić information content (AvgIpc) is 3.11. The number of carbonyl (C=O) groups is 1. The monoisotopic (exact) mass is 488 g/mol. The van der Waals surface area contributed by atoms with E-state index >= 15 is 0 Å². The van der Waals surface area contributed by atoms with E-state index in [2.05, 4.69) is 35.5 Å². The lowest BCUT2D eigenvalue weighted by Crippen LogP contribution is -2.45. The van der Waals surface area contributed by atoms with Gasteiger partial charge in [0.2, 0.25) is 5.91 Å². The summed E-state index contributed by atoms with van der Waals surface area (Å²) in [6.07, 6.45) is 2.39. The van der Waals surface area contributed by atoms with Gasteiger partial charge in [0.15, 0.2) is 5.96 Å². The van der Waals surface area contributed by atoms with Gasteiger partial charge in [-0.1, -0.05) is 25.1 Å². The van der Waals surface area contributed by atoms with Crippen LogP contribution in [0, 0.1) is 6.92 Å². The topological polar surface area (TPSA) is 66.0 Å². The van der Waals surface area contributed by atoms with Crippen molar-refractivity contribution in [2.24, 2.45) is 4.99 Å². The molecule has 7 heteroatoms. The molecule has 1 unspecified atom stereocenters. The molecule has 2 rings (SSSR count). The van der Waals surface area contributed by atoms with Crippen LogP contribution in [0.15, 0.2) is 29.3 Å². The Bertz CT molecular complexity index is 609. The number of ether oxygens (including phenoxy) is 1. The van der Waals surface area contributed by atoms with Gasteiger partial charge in [-0.25, -0.2) is 0 Å². The number of guanidine groups is 1. The molecule has 6 nitrogen and oxygen atoms in total. The third-order valence-corrected chi connectivity index (χ3v) is 4.45. The normalized spacial score (nSPS) is 16.6. The summed E-state index contributed by atoms with van der Waals surface area (Å²) in [5.41, 5.74) is 1.15. The zero-order chi connectivity index (χ0) is 18.8. The molecule has 0 aromatic heterocycles. The molecule has 0 radical (unpaired) electrons. The van der Waals surface area contributed by atoms with Crippen molar-refractivity contribution >= 4 is 35.8 Å². The highest BCUT2D eigenvalue weighted by Gasteiger charge is 2.25. The largest absolute Gasteiger partial charge is 0.493 e. The number of nitrogens with one attached hydrogen (secondary N) is 2. The molecule has 0 saturated carbocycles. The van der Waals surface area contributed by atoms with Gasteiger partial charge in [0.05, 0.1) is 6.61 Å². The smallest absolute Gasteiger partial charge is 0.222 e. The van der Waals surface area contributed by atoms with Crippen molar-refractivity contribution < 1.29 is 9.53 Å². The number of benzene rings is 1. The molecular weight excluding hydrogens is 455 g/mol. The molecule has 152 valence electrons. The number of nitrogens with zero attached hydrogens (tertiary/aromatic N) is 2. The van der Waals surface area contributed by atoms with Gasteiger partial charge in [-0.05, 0) is 31.9 Å². The highest BCUT2D eigenvalue weighted by Crippen LogP contribution is 2.16. The Morgan fingerprint density at radius 3 is 2.81 bits per heavy atom. The third kappa shape index (κ3) is 7.94. The fourth-order valence-electron chi connectivity index (χ4n) is 3.00. The molecule has 1 aliphatic rings. The van der Waals surface area contributed by atoms with E-state index in [1.807, 2.05) is 30.0 Å². The summed E-state index contributed by atoms with van der Waals surface area (Å²) in [6.45, 7) is 9.77. The molecule has 1 aromatic rings. The number of aliphatic imine (C=N–C) groups is 1. The molecule has 1 saturated heterocycles. The first kappa shape index (κ1) is 23.5. The van der Waals surface area contributed by atoms with Gasteiger partial charge in [0, 0.05) is 45.1 Å². The van der Waals surface area contributed by atoms with Crippen LogP contribution >= 0.6 is 24.0 Å². The number of halogens is 1. The van der Waals surface area contributed by atoms with Crippen molar-refractivity contribution in [1.82, 2.24) is 15.5 Å². The quantitative estimate of drug-likeness (QED) is 0.256. The van der Waals surface area contributed by atoms with Gasteiger partial charge in [-0.15, -0.1) is 24.0 Å². The first-order valence-electron chi connectivity index (χ1n) is 9.65. The number of aryl methyl sites for hydroxylation is 1. The zero-order valence-corrected chi connectivity index (χ0v) is 19.0. The van der Waals surface area contributed by atoms with Crippen LogP contribution in [0.2, 0.25) is 0 Å². The summed E-state index contributed by atoms with van der Waals surface area (Å²) in [5.74, 6) is 1.98. The Morgan fingerprint density at radius 1 is 1.33 bits per heavy atom. The van der Waals surface area contributed by atoms with Crippen LogP contribution in [0.5, 0.6) is 5.75 Å². The lowest BCUT2D eigenvalue weighted by molar-refractivity contribution is -0.129. The molecular formula is C20H33IN4O2. The lowest BCUT2D eigenvalue weighted by atomic mass is 10.2. The average molecular weight is 488 g/mol. The summed E-state index contributed by atoms with van der Waals surface area (Å²) < 4.78 is 5.81. The van der Waals surface area contributed by atoms with Gasteiger partial charge >= 0.3 is 0 Å². The van der Waals surface area contributed by atoms with Crippen LogP contribution in [-0.2, 0) is 4.79 Å².